The number of anilines is 3. The number of carboxylic acid groups (broad SMARTS) is 2. The highest BCUT2D eigenvalue weighted by Gasteiger charge is 2.53. The number of nitrogens with two attached hydrogens (primary N) is 3. The molecule has 2 aliphatic heterocycles. The Morgan fingerprint density at radius 2 is 2.12 bits per heavy atom. The van der Waals surface area contributed by atoms with Gasteiger partial charge in [-0.2, -0.15) is 0 Å². The molecule has 2 atom stereocenters. The van der Waals surface area contributed by atoms with Crippen molar-refractivity contribution in [1.82, 2.24) is 20.2 Å². The minimum atomic E-state index is -1.56. The molecular weight excluding hydrogens is 588 g/mol. The van der Waals surface area contributed by atoms with E-state index >= 15 is 0 Å². The highest BCUT2D eigenvalue weighted by atomic mass is 32.2. The third kappa shape index (κ3) is 5.82. The smallest absolute Gasteiger partial charge is 0.344 e. The molecule has 0 radical (unpaired) electrons. The minimum absolute atomic E-state index is 0.00804. The zero-order valence-corrected chi connectivity index (χ0v) is 23.0. The number of nitrogens with zero attached hydrogens (tertiary/aromatic N) is 5. The molecule has 1 saturated heterocycles. The summed E-state index contributed by atoms with van der Waals surface area (Å²) in [6.07, 6.45) is 0. The van der Waals surface area contributed by atoms with E-state index in [4.69, 9.17) is 27.3 Å². The molecule has 0 aromatic carbocycles. The topological polar surface area (TPSA) is 268 Å². The van der Waals surface area contributed by atoms with Crippen molar-refractivity contribution in [2.45, 2.75) is 16.6 Å². The summed E-state index contributed by atoms with van der Waals surface area (Å²) in [6, 6.07) is 0.420. The number of fused-ring (bicyclic) bond motifs is 1. The second-order valence-electron chi connectivity index (χ2n) is 8.04. The first-order valence-corrected chi connectivity index (χ1v) is 14.0. The van der Waals surface area contributed by atoms with Gasteiger partial charge < -0.3 is 41.9 Å². The van der Waals surface area contributed by atoms with E-state index in [0.29, 0.717) is 16.5 Å². The number of β-lactam (4-membered cyclic amide) rings is 1. The fourth-order valence-corrected chi connectivity index (χ4v) is 6.67. The van der Waals surface area contributed by atoms with Gasteiger partial charge in [0.1, 0.15) is 17.1 Å². The van der Waals surface area contributed by atoms with Crippen LogP contribution in [0, 0.1) is 0 Å². The Morgan fingerprint density at radius 1 is 1.38 bits per heavy atom. The van der Waals surface area contributed by atoms with E-state index in [2.05, 4.69) is 25.8 Å². The number of carbonyl (C=O) groups is 4. The maximum atomic E-state index is 13.0. The molecule has 2 aliphatic rings. The average molecular weight is 611 g/mol. The summed E-state index contributed by atoms with van der Waals surface area (Å²) < 4.78 is 1.26. The van der Waals surface area contributed by atoms with Gasteiger partial charge in [0.15, 0.2) is 10.8 Å². The Labute approximate surface area is 237 Å². The summed E-state index contributed by atoms with van der Waals surface area (Å²) >= 11 is 3.36. The first-order chi connectivity index (χ1) is 19.0. The summed E-state index contributed by atoms with van der Waals surface area (Å²) in [5.74, 6) is 2.57. The van der Waals surface area contributed by atoms with Crippen molar-refractivity contribution in [2.24, 2.45) is 5.16 Å². The third-order valence-corrected chi connectivity index (χ3v) is 8.51. The number of nitrogens with one attached hydrogen (secondary N) is 2. The monoisotopic (exact) mass is 610 g/mol. The lowest BCUT2D eigenvalue weighted by Gasteiger charge is -2.50. The molecule has 20 heteroatoms. The Morgan fingerprint density at radius 3 is 2.75 bits per heavy atom. The van der Waals surface area contributed by atoms with Crippen LogP contribution in [0.5, 0.6) is 0 Å². The first-order valence-electron chi connectivity index (χ1n) is 11.1. The second-order valence-corrected chi connectivity index (χ2v) is 11.0. The molecule has 9 N–H and O–H groups in total. The molecule has 4 rings (SSSR count). The molecule has 0 saturated carbocycles. The molecule has 1 fully saturated rings. The Hall–Kier alpha value is -4.30. The van der Waals surface area contributed by atoms with Crippen LogP contribution in [0.15, 0.2) is 33.0 Å². The number of carbonyl (C=O) groups excluding carboxylic acids is 3. The van der Waals surface area contributed by atoms with Gasteiger partial charge in [0.05, 0.1) is 17.7 Å². The second kappa shape index (κ2) is 11.8. The first kappa shape index (κ1) is 28.7. The Kier molecular flexibility index (Phi) is 8.49. The van der Waals surface area contributed by atoms with Crippen molar-refractivity contribution in [2.75, 3.05) is 47.8 Å². The number of aromatic nitrogens is 3. The number of hydrogen-bond donors (Lipinski definition) is 6. The van der Waals surface area contributed by atoms with Crippen molar-refractivity contribution >= 4 is 81.1 Å². The highest BCUT2D eigenvalue weighted by molar-refractivity contribution is 8.01. The van der Waals surface area contributed by atoms with Crippen LogP contribution in [-0.2, 0) is 24.0 Å². The number of rotatable bonds is 11. The van der Waals surface area contributed by atoms with Crippen molar-refractivity contribution in [1.29, 1.82) is 0 Å². The predicted octanol–water partition coefficient (Wildman–Crippen LogP) is -3.25. The van der Waals surface area contributed by atoms with Crippen molar-refractivity contribution in [3.8, 4) is 0 Å². The van der Waals surface area contributed by atoms with Crippen LogP contribution in [-0.4, -0.2) is 86.0 Å². The molecule has 0 spiro atoms. The van der Waals surface area contributed by atoms with Crippen LogP contribution in [0.2, 0.25) is 0 Å². The molecular formula is C20H22N10O7S3. The zero-order chi connectivity index (χ0) is 29.1. The Bertz CT molecular complexity index is 1450. The number of aliphatic carboxylic acids is 2. The van der Waals surface area contributed by atoms with E-state index in [9.17, 15) is 24.3 Å². The van der Waals surface area contributed by atoms with Gasteiger partial charge in [-0.15, -0.1) is 27.8 Å². The largest absolute Gasteiger partial charge is 0.543 e. The van der Waals surface area contributed by atoms with Gasteiger partial charge in [0, 0.05) is 23.9 Å². The molecule has 40 heavy (non-hydrogen) atoms. The summed E-state index contributed by atoms with van der Waals surface area (Å²) in [6.45, 7) is -0.822. The molecule has 2 aromatic heterocycles. The van der Waals surface area contributed by atoms with Gasteiger partial charge in [0.2, 0.25) is 18.2 Å². The number of carboxylic acids is 2. The fourth-order valence-electron chi connectivity index (χ4n) is 3.70. The SMILES string of the molecule is CNc1cc(N)nc(SCC2=C(C(=O)[O-])N3C(=O)C(NC(=O)/C(=N\OCC(=O)O)c4csc(N)n4)[C@H]3SC2)[n+]1N. The van der Waals surface area contributed by atoms with E-state index in [1.54, 1.807) is 7.05 Å². The van der Waals surface area contributed by atoms with E-state index in [1.807, 2.05) is 0 Å². The number of hydrogen-bond acceptors (Lipinski definition) is 16. The number of amides is 2. The van der Waals surface area contributed by atoms with Crippen molar-refractivity contribution < 1.29 is 38.9 Å². The number of oxime groups is 1. The number of thioether (sulfide) groups is 2. The normalized spacial score (nSPS) is 18.6. The van der Waals surface area contributed by atoms with Gasteiger partial charge in [-0.05, 0) is 17.3 Å². The average Bonchev–Trinajstić information content (AvgIpc) is 3.34. The van der Waals surface area contributed by atoms with Crippen LogP contribution >= 0.6 is 34.9 Å². The third-order valence-electron chi connectivity index (χ3n) is 5.46. The zero-order valence-electron chi connectivity index (χ0n) is 20.5. The van der Waals surface area contributed by atoms with Gasteiger partial charge in [-0.1, -0.05) is 10.1 Å². The highest BCUT2D eigenvalue weighted by Crippen LogP contribution is 2.41. The van der Waals surface area contributed by atoms with Crippen LogP contribution in [0.25, 0.3) is 0 Å². The molecule has 17 nitrogen and oxygen atoms in total. The molecule has 0 bridgehead atoms. The van der Waals surface area contributed by atoms with Crippen LogP contribution in [0.4, 0.5) is 16.8 Å². The van der Waals surface area contributed by atoms with E-state index in [0.717, 1.165) is 28.0 Å². The Balaban J connectivity index is 1.51. The lowest BCUT2D eigenvalue weighted by Crippen LogP contribution is -2.71. The van der Waals surface area contributed by atoms with E-state index in [1.165, 1.54) is 27.9 Å². The molecule has 2 amide bonds. The maximum absolute atomic E-state index is 13.0. The standard InChI is InChI=1S/C20H22N10O7S3/c1-24-10-2-9(21)26-20(30(10)23)40-5-7-4-38-17-13(16(34)29(17)14(7)18(35)36)27-15(33)12(28-37-3-11(31)32)8-6-39-19(22)25-8/h2,6,13,17H,3-5,23H2,1H3,(H7,21,22,24,25,27,31,32,33,35,36)/b28-12-/t13?,17-/m1/s1. The van der Waals surface area contributed by atoms with Gasteiger partial charge in [-0.25, -0.2) is 9.78 Å². The molecule has 1 unspecified atom stereocenters. The molecule has 0 aliphatic carbocycles. The van der Waals surface area contributed by atoms with Crippen LogP contribution < -0.4 is 37.7 Å². The maximum Gasteiger partial charge on any atom is 0.344 e. The van der Waals surface area contributed by atoms with E-state index < -0.39 is 47.5 Å². The predicted molar refractivity (Wildman–Crippen MR) is 143 cm³/mol. The van der Waals surface area contributed by atoms with Gasteiger partial charge in [-0.3, -0.25) is 20.3 Å². The number of nitrogen functional groups attached to an aromatic ring is 3. The molecule has 4 heterocycles. The quantitative estimate of drug-likeness (QED) is 0.0277. The van der Waals surface area contributed by atoms with Gasteiger partial charge >= 0.3 is 11.1 Å². The lowest BCUT2D eigenvalue weighted by atomic mass is 10.0. The fraction of sp³-hybridized carbons (Fsp3) is 0.300. The summed E-state index contributed by atoms with van der Waals surface area (Å²) in [5, 5.41) is 30.9. The molecule has 212 valence electrons. The summed E-state index contributed by atoms with van der Waals surface area (Å²) in [4.78, 5) is 62.7. The minimum Gasteiger partial charge on any atom is -0.543 e. The lowest BCUT2D eigenvalue weighted by molar-refractivity contribution is -0.667. The number of thiazole rings is 1. The van der Waals surface area contributed by atoms with E-state index in [-0.39, 0.29) is 33.8 Å². The van der Waals surface area contributed by atoms with Crippen LogP contribution in [0.1, 0.15) is 5.69 Å². The van der Waals surface area contributed by atoms with Gasteiger partial charge in [0.25, 0.3) is 11.8 Å². The summed E-state index contributed by atoms with van der Waals surface area (Å²) in [5.41, 5.74) is 11.1. The van der Waals surface area contributed by atoms with Crippen molar-refractivity contribution in [3.05, 3.63) is 28.4 Å². The molecule has 2 aromatic rings. The van der Waals surface area contributed by atoms with Crippen molar-refractivity contribution in [3.63, 3.8) is 0 Å². The van der Waals surface area contributed by atoms with Crippen LogP contribution in [0.3, 0.4) is 0 Å². The summed E-state index contributed by atoms with van der Waals surface area (Å²) in [7, 11) is 1.65.